The number of hydrogen-bond donors (Lipinski definition) is 1. The molecule has 3 atom stereocenters. The van der Waals surface area contributed by atoms with E-state index >= 15 is 0 Å². The summed E-state index contributed by atoms with van der Waals surface area (Å²) in [6, 6.07) is 1.06. The van der Waals surface area contributed by atoms with Gasteiger partial charge in [0, 0.05) is 36.9 Å². The molecule has 4 heteroatoms. The predicted molar refractivity (Wildman–Crippen MR) is 79.0 cm³/mol. The molecule has 1 aromatic heterocycles. The molecule has 0 amide bonds. The van der Waals surface area contributed by atoms with E-state index in [9.17, 15) is 0 Å². The summed E-state index contributed by atoms with van der Waals surface area (Å²) in [5.41, 5.74) is 9.71. The molecule has 3 unspecified atom stereocenters. The van der Waals surface area contributed by atoms with Crippen molar-refractivity contribution >= 4 is 0 Å². The van der Waals surface area contributed by atoms with E-state index in [1.807, 2.05) is 11.7 Å². The average Bonchev–Trinajstić information content (AvgIpc) is 2.63. The van der Waals surface area contributed by atoms with Gasteiger partial charge in [-0.1, -0.05) is 0 Å². The Morgan fingerprint density at radius 3 is 2.58 bits per heavy atom. The number of rotatable bonds is 3. The van der Waals surface area contributed by atoms with Crippen molar-refractivity contribution in [2.45, 2.75) is 52.6 Å². The highest BCUT2D eigenvalue weighted by Gasteiger charge is 2.31. The molecule has 1 aliphatic heterocycles. The van der Waals surface area contributed by atoms with Gasteiger partial charge >= 0.3 is 0 Å². The Bertz CT molecular complexity index is 438. The fourth-order valence-electron chi connectivity index (χ4n) is 3.50. The number of likely N-dealkylation sites (tertiary alicyclic amines) is 1. The Morgan fingerprint density at radius 2 is 2.05 bits per heavy atom. The van der Waals surface area contributed by atoms with Gasteiger partial charge in [0.2, 0.25) is 0 Å². The first-order valence-corrected chi connectivity index (χ1v) is 7.41. The molecule has 1 aromatic rings. The van der Waals surface area contributed by atoms with E-state index in [0.29, 0.717) is 18.0 Å². The molecule has 1 fully saturated rings. The third-order valence-corrected chi connectivity index (χ3v) is 4.84. The zero-order valence-corrected chi connectivity index (χ0v) is 13.0. The highest BCUT2D eigenvalue weighted by atomic mass is 15.3. The normalized spacial score (nSPS) is 26.6. The molecule has 0 aromatic carbocycles. The van der Waals surface area contributed by atoms with E-state index in [2.05, 4.69) is 37.7 Å². The second-order valence-corrected chi connectivity index (χ2v) is 6.11. The third-order valence-electron chi connectivity index (χ3n) is 4.84. The zero-order valence-electron chi connectivity index (χ0n) is 13.0. The molecule has 0 aliphatic carbocycles. The van der Waals surface area contributed by atoms with Crippen LogP contribution in [0, 0.1) is 19.8 Å². The van der Waals surface area contributed by atoms with Crippen LogP contribution in [0.1, 0.15) is 49.7 Å². The lowest BCUT2D eigenvalue weighted by atomic mass is 9.90. The topological polar surface area (TPSA) is 47.1 Å². The molecule has 19 heavy (non-hydrogen) atoms. The van der Waals surface area contributed by atoms with Crippen LogP contribution in [0.25, 0.3) is 0 Å². The van der Waals surface area contributed by atoms with Crippen molar-refractivity contribution in [3.63, 3.8) is 0 Å². The van der Waals surface area contributed by atoms with Gasteiger partial charge in [-0.25, -0.2) is 0 Å². The van der Waals surface area contributed by atoms with Gasteiger partial charge < -0.3 is 5.73 Å². The molecule has 1 saturated heterocycles. The molecule has 0 radical (unpaired) electrons. The Kier molecular flexibility index (Phi) is 4.31. The van der Waals surface area contributed by atoms with Gasteiger partial charge in [-0.3, -0.25) is 9.58 Å². The van der Waals surface area contributed by atoms with E-state index < -0.39 is 0 Å². The minimum Gasteiger partial charge on any atom is -0.330 e. The van der Waals surface area contributed by atoms with Gasteiger partial charge in [-0.05, 0) is 53.0 Å². The van der Waals surface area contributed by atoms with Crippen LogP contribution in [-0.4, -0.2) is 33.8 Å². The summed E-state index contributed by atoms with van der Waals surface area (Å²) in [6.07, 6.45) is 2.52. The molecule has 0 bridgehead atoms. The quantitative estimate of drug-likeness (QED) is 0.910. The van der Waals surface area contributed by atoms with Crippen LogP contribution in [0.4, 0.5) is 0 Å². The minimum atomic E-state index is 0.429. The lowest BCUT2D eigenvalue weighted by Crippen LogP contribution is -2.45. The van der Waals surface area contributed by atoms with E-state index in [-0.39, 0.29) is 0 Å². The summed E-state index contributed by atoms with van der Waals surface area (Å²) in [4.78, 5) is 2.61. The molecular weight excluding hydrogens is 236 g/mol. The van der Waals surface area contributed by atoms with Crippen molar-refractivity contribution in [1.29, 1.82) is 0 Å². The maximum atomic E-state index is 5.87. The Hall–Kier alpha value is -0.870. The fraction of sp³-hybridized carbons (Fsp3) is 0.800. The van der Waals surface area contributed by atoms with E-state index in [4.69, 9.17) is 5.73 Å². The summed E-state index contributed by atoms with van der Waals surface area (Å²) in [7, 11) is 2.03. The first-order chi connectivity index (χ1) is 8.95. The number of nitrogens with zero attached hydrogens (tertiary/aromatic N) is 3. The van der Waals surface area contributed by atoms with Crippen molar-refractivity contribution in [3.05, 3.63) is 17.0 Å². The maximum absolute atomic E-state index is 5.87. The summed E-state index contributed by atoms with van der Waals surface area (Å²) >= 11 is 0. The monoisotopic (exact) mass is 264 g/mol. The predicted octanol–water partition coefficient (Wildman–Crippen LogP) is 2.16. The summed E-state index contributed by atoms with van der Waals surface area (Å²) in [6.45, 7) is 10.9. The first kappa shape index (κ1) is 14.5. The average molecular weight is 264 g/mol. The van der Waals surface area contributed by atoms with Crippen molar-refractivity contribution in [2.75, 3.05) is 13.1 Å². The van der Waals surface area contributed by atoms with E-state index in [1.54, 1.807) is 0 Å². The summed E-state index contributed by atoms with van der Waals surface area (Å²) in [5, 5.41) is 4.56. The number of nitrogens with two attached hydrogens (primary N) is 1. The number of aryl methyl sites for hydroxylation is 2. The van der Waals surface area contributed by atoms with Crippen LogP contribution >= 0.6 is 0 Å². The van der Waals surface area contributed by atoms with Crippen molar-refractivity contribution in [3.8, 4) is 0 Å². The molecule has 4 nitrogen and oxygen atoms in total. The van der Waals surface area contributed by atoms with Crippen molar-refractivity contribution < 1.29 is 0 Å². The molecule has 1 aliphatic rings. The third kappa shape index (κ3) is 2.70. The van der Waals surface area contributed by atoms with E-state index in [0.717, 1.165) is 18.8 Å². The minimum absolute atomic E-state index is 0.429. The van der Waals surface area contributed by atoms with Crippen molar-refractivity contribution in [1.82, 2.24) is 14.7 Å². The lowest BCUT2D eigenvalue weighted by Gasteiger charge is -2.41. The highest BCUT2D eigenvalue weighted by molar-refractivity contribution is 5.28. The zero-order chi connectivity index (χ0) is 14.2. The maximum Gasteiger partial charge on any atom is 0.0644 e. The number of piperidine rings is 1. The SMILES string of the molecule is Cc1nn(C)c(C)c1C(C)N1CC(CN)CCC1C. The molecule has 0 spiro atoms. The largest absolute Gasteiger partial charge is 0.330 e. The van der Waals surface area contributed by atoms with Crippen LogP contribution in [-0.2, 0) is 7.05 Å². The van der Waals surface area contributed by atoms with Gasteiger partial charge in [0.15, 0.2) is 0 Å². The molecule has 2 rings (SSSR count). The fourth-order valence-corrected chi connectivity index (χ4v) is 3.50. The molecule has 2 N–H and O–H groups in total. The second kappa shape index (κ2) is 5.63. The molecule has 108 valence electrons. The van der Waals surface area contributed by atoms with Crippen molar-refractivity contribution in [2.24, 2.45) is 18.7 Å². The highest BCUT2D eigenvalue weighted by Crippen LogP contribution is 2.32. The first-order valence-electron chi connectivity index (χ1n) is 7.41. The molecule has 2 heterocycles. The van der Waals surface area contributed by atoms with Crippen LogP contribution < -0.4 is 5.73 Å². The van der Waals surface area contributed by atoms with Crippen LogP contribution in [0.3, 0.4) is 0 Å². The van der Waals surface area contributed by atoms with Gasteiger partial charge in [-0.2, -0.15) is 5.10 Å². The Morgan fingerprint density at radius 1 is 1.37 bits per heavy atom. The van der Waals surface area contributed by atoms with Crippen LogP contribution in [0.15, 0.2) is 0 Å². The Labute approximate surface area is 117 Å². The molecular formula is C15H28N4. The standard InChI is InChI=1S/C15H28N4/c1-10-6-7-14(8-16)9-19(10)13(4)15-11(2)17-18(5)12(15)3/h10,13-14H,6-9,16H2,1-5H3. The summed E-state index contributed by atoms with van der Waals surface area (Å²) < 4.78 is 2.00. The van der Waals surface area contributed by atoms with E-state index in [1.165, 1.54) is 24.1 Å². The van der Waals surface area contributed by atoms with Gasteiger partial charge in [-0.15, -0.1) is 0 Å². The van der Waals surface area contributed by atoms with Crippen LogP contribution in [0.5, 0.6) is 0 Å². The van der Waals surface area contributed by atoms with Gasteiger partial charge in [0.1, 0.15) is 0 Å². The smallest absolute Gasteiger partial charge is 0.0644 e. The molecule has 0 saturated carbocycles. The summed E-state index contributed by atoms with van der Waals surface area (Å²) in [5.74, 6) is 0.649. The number of aromatic nitrogens is 2. The number of hydrogen-bond acceptors (Lipinski definition) is 3. The van der Waals surface area contributed by atoms with Crippen LogP contribution in [0.2, 0.25) is 0 Å². The second-order valence-electron chi connectivity index (χ2n) is 6.11. The van der Waals surface area contributed by atoms with Gasteiger partial charge in [0.05, 0.1) is 5.69 Å². The van der Waals surface area contributed by atoms with Gasteiger partial charge in [0.25, 0.3) is 0 Å². The Balaban J connectivity index is 2.24. The lowest BCUT2D eigenvalue weighted by molar-refractivity contribution is 0.0807.